The monoisotopic (exact) mass is 329 g/mol. The first-order valence-corrected chi connectivity index (χ1v) is 7.90. The smallest absolute Gasteiger partial charge is 0.212 e. The standard InChI is InChI=1S/C15H12ClN5S/c16-14-6-2-1-5-13(14)10-22-15-20-18-11-21(15)19-9-12-4-3-7-17-8-12/h1-9,11H,10H2/b19-9+. The number of hydrogen-bond acceptors (Lipinski definition) is 5. The Kier molecular flexibility index (Phi) is 4.82. The molecule has 0 atom stereocenters. The first-order valence-electron chi connectivity index (χ1n) is 6.53. The summed E-state index contributed by atoms with van der Waals surface area (Å²) in [6.45, 7) is 0. The second-order valence-corrected chi connectivity index (χ2v) is 5.72. The Hall–Kier alpha value is -2.18. The van der Waals surface area contributed by atoms with Crippen molar-refractivity contribution in [1.29, 1.82) is 0 Å². The number of pyridine rings is 1. The van der Waals surface area contributed by atoms with E-state index in [1.807, 2.05) is 36.4 Å². The molecule has 5 nitrogen and oxygen atoms in total. The molecule has 0 radical (unpaired) electrons. The molecule has 22 heavy (non-hydrogen) atoms. The molecule has 0 N–H and O–H groups in total. The molecule has 7 heteroatoms. The fraction of sp³-hybridized carbons (Fsp3) is 0.0667. The summed E-state index contributed by atoms with van der Waals surface area (Å²) >= 11 is 7.68. The minimum atomic E-state index is 0.708. The number of hydrogen-bond donors (Lipinski definition) is 0. The summed E-state index contributed by atoms with van der Waals surface area (Å²) in [5, 5.41) is 13.8. The van der Waals surface area contributed by atoms with Gasteiger partial charge in [0.2, 0.25) is 5.16 Å². The van der Waals surface area contributed by atoms with Crippen molar-refractivity contribution in [2.24, 2.45) is 5.10 Å². The minimum Gasteiger partial charge on any atom is -0.264 e. The molecule has 0 aliphatic carbocycles. The van der Waals surface area contributed by atoms with Crippen molar-refractivity contribution in [1.82, 2.24) is 19.9 Å². The lowest BCUT2D eigenvalue weighted by Crippen LogP contribution is -1.93. The minimum absolute atomic E-state index is 0.708. The third kappa shape index (κ3) is 3.72. The highest BCUT2D eigenvalue weighted by molar-refractivity contribution is 7.98. The molecule has 0 saturated heterocycles. The van der Waals surface area contributed by atoms with Crippen LogP contribution in [-0.4, -0.2) is 26.1 Å². The predicted molar refractivity (Wildman–Crippen MR) is 88.3 cm³/mol. The topological polar surface area (TPSA) is 56.0 Å². The van der Waals surface area contributed by atoms with Crippen LogP contribution < -0.4 is 0 Å². The maximum atomic E-state index is 6.15. The first kappa shape index (κ1) is 14.7. The highest BCUT2D eigenvalue weighted by atomic mass is 35.5. The van der Waals surface area contributed by atoms with Gasteiger partial charge in [0, 0.05) is 28.7 Å². The van der Waals surface area contributed by atoms with Crippen LogP contribution in [0, 0.1) is 0 Å². The van der Waals surface area contributed by atoms with E-state index in [2.05, 4.69) is 20.3 Å². The molecule has 0 aliphatic rings. The van der Waals surface area contributed by atoms with Gasteiger partial charge in [-0.15, -0.1) is 10.2 Å². The zero-order valence-corrected chi connectivity index (χ0v) is 13.1. The molecule has 0 spiro atoms. The Balaban J connectivity index is 1.70. The van der Waals surface area contributed by atoms with E-state index < -0.39 is 0 Å². The molecule has 1 aromatic carbocycles. The molecule has 2 heterocycles. The Bertz CT molecular complexity index is 772. The summed E-state index contributed by atoms with van der Waals surface area (Å²) in [6, 6.07) is 11.5. The van der Waals surface area contributed by atoms with E-state index in [1.165, 1.54) is 11.8 Å². The van der Waals surface area contributed by atoms with Crippen LogP contribution in [-0.2, 0) is 5.75 Å². The first-order chi connectivity index (χ1) is 10.8. The predicted octanol–water partition coefficient (Wildman–Crippen LogP) is 3.50. The molecule has 110 valence electrons. The van der Waals surface area contributed by atoms with Crippen LogP contribution in [0.3, 0.4) is 0 Å². The van der Waals surface area contributed by atoms with E-state index in [-0.39, 0.29) is 0 Å². The fourth-order valence-electron chi connectivity index (χ4n) is 1.73. The van der Waals surface area contributed by atoms with Crippen LogP contribution in [0.4, 0.5) is 0 Å². The molecule has 0 aliphatic heterocycles. The SMILES string of the molecule is Clc1ccccc1CSc1nncn1/N=C/c1cccnc1. The summed E-state index contributed by atoms with van der Waals surface area (Å²) in [5.41, 5.74) is 1.97. The van der Waals surface area contributed by atoms with Gasteiger partial charge in [-0.25, -0.2) is 0 Å². The zero-order valence-electron chi connectivity index (χ0n) is 11.5. The number of benzene rings is 1. The second-order valence-electron chi connectivity index (χ2n) is 4.37. The normalized spacial score (nSPS) is 11.1. The second kappa shape index (κ2) is 7.20. The van der Waals surface area contributed by atoms with E-state index >= 15 is 0 Å². The average Bonchev–Trinajstić information content (AvgIpc) is 3.01. The van der Waals surface area contributed by atoms with E-state index in [0.29, 0.717) is 10.9 Å². The number of thioether (sulfide) groups is 1. The van der Waals surface area contributed by atoms with E-state index in [4.69, 9.17) is 11.6 Å². The lowest BCUT2D eigenvalue weighted by atomic mass is 10.2. The summed E-state index contributed by atoms with van der Waals surface area (Å²) in [7, 11) is 0. The molecule has 0 fully saturated rings. The third-order valence-electron chi connectivity index (χ3n) is 2.83. The Morgan fingerprint density at radius 1 is 1.23 bits per heavy atom. The molecule has 0 unspecified atom stereocenters. The lowest BCUT2D eigenvalue weighted by Gasteiger charge is -2.03. The van der Waals surface area contributed by atoms with Crippen molar-refractivity contribution in [3.8, 4) is 0 Å². The number of rotatable bonds is 5. The van der Waals surface area contributed by atoms with Gasteiger partial charge < -0.3 is 0 Å². The van der Waals surface area contributed by atoms with Crippen LogP contribution in [0.15, 0.2) is 65.4 Å². The lowest BCUT2D eigenvalue weighted by molar-refractivity contribution is 0.767. The maximum Gasteiger partial charge on any atom is 0.212 e. The largest absolute Gasteiger partial charge is 0.264 e. The van der Waals surface area contributed by atoms with Crippen molar-refractivity contribution in [2.45, 2.75) is 10.9 Å². The average molecular weight is 330 g/mol. The van der Waals surface area contributed by atoms with Crippen molar-refractivity contribution in [3.05, 3.63) is 71.3 Å². The van der Waals surface area contributed by atoms with Crippen LogP contribution in [0.2, 0.25) is 5.02 Å². The number of aromatic nitrogens is 4. The van der Waals surface area contributed by atoms with Crippen molar-refractivity contribution in [2.75, 3.05) is 0 Å². The molecule has 3 rings (SSSR count). The van der Waals surface area contributed by atoms with Gasteiger partial charge in [0.1, 0.15) is 6.33 Å². The van der Waals surface area contributed by atoms with Gasteiger partial charge >= 0.3 is 0 Å². The molecular weight excluding hydrogens is 318 g/mol. The van der Waals surface area contributed by atoms with E-state index in [0.717, 1.165) is 16.1 Å². The Morgan fingerprint density at radius 2 is 2.14 bits per heavy atom. The van der Waals surface area contributed by atoms with Crippen LogP contribution >= 0.6 is 23.4 Å². The molecule has 3 aromatic rings. The zero-order chi connectivity index (χ0) is 15.2. The number of halogens is 1. The summed E-state index contributed by atoms with van der Waals surface area (Å²) in [6.07, 6.45) is 6.75. The van der Waals surface area contributed by atoms with Gasteiger partial charge in [0.25, 0.3) is 0 Å². The summed E-state index contributed by atoms with van der Waals surface area (Å²) < 4.78 is 1.63. The van der Waals surface area contributed by atoms with Crippen molar-refractivity contribution >= 4 is 29.6 Å². The van der Waals surface area contributed by atoms with Gasteiger partial charge in [-0.3, -0.25) is 4.98 Å². The Labute approximate surface area is 137 Å². The van der Waals surface area contributed by atoms with Crippen molar-refractivity contribution in [3.63, 3.8) is 0 Å². The number of nitrogens with zero attached hydrogens (tertiary/aromatic N) is 5. The van der Waals surface area contributed by atoms with Gasteiger partial charge in [-0.1, -0.05) is 47.6 Å². The fourth-order valence-corrected chi connectivity index (χ4v) is 2.88. The van der Waals surface area contributed by atoms with Gasteiger partial charge in [0.15, 0.2) is 0 Å². The third-order valence-corrected chi connectivity index (χ3v) is 4.18. The van der Waals surface area contributed by atoms with Gasteiger partial charge in [-0.05, 0) is 17.7 Å². The van der Waals surface area contributed by atoms with Gasteiger partial charge in [-0.2, -0.15) is 9.78 Å². The molecule has 0 bridgehead atoms. The van der Waals surface area contributed by atoms with Gasteiger partial charge in [0.05, 0.1) is 6.21 Å². The quantitative estimate of drug-likeness (QED) is 0.531. The molecular formula is C15H12ClN5S. The van der Waals surface area contributed by atoms with E-state index in [9.17, 15) is 0 Å². The Morgan fingerprint density at radius 3 is 2.95 bits per heavy atom. The van der Waals surface area contributed by atoms with Crippen LogP contribution in [0.25, 0.3) is 0 Å². The molecule has 0 saturated carbocycles. The maximum absolute atomic E-state index is 6.15. The summed E-state index contributed by atoms with van der Waals surface area (Å²) in [5.74, 6) is 0.709. The van der Waals surface area contributed by atoms with Crippen molar-refractivity contribution < 1.29 is 0 Å². The molecule has 2 aromatic heterocycles. The highest BCUT2D eigenvalue weighted by Crippen LogP contribution is 2.25. The van der Waals surface area contributed by atoms with Crippen LogP contribution in [0.5, 0.6) is 0 Å². The van der Waals surface area contributed by atoms with Crippen LogP contribution in [0.1, 0.15) is 11.1 Å². The highest BCUT2D eigenvalue weighted by Gasteiger charge is 2.06. The molecule has 0 amide bonds. The summed E-state index contributed by atoms with van der Waals surface area (Å²) in [4.78, 5) is 4.04. The van der Waals surface area contributed by atoms with E-state index in [1.54, 1.807) is 29.6 Å².